The third-order valence-electron chi connectivity index (χ3n) is 11.0. The standard InChI is InChI=1S/C52H36N4/c1-3-15-41(16-4-1)56(42-17-5-2-6-18-42)43-19-13-14-38(34-43)37-25-27-39(28-26-37)52(48-22-9-7-20-44(48)45-21-8-10-23-49(45)52)40-29-30-46(51-36-53-32-33-55-51)47(35-40)50-24-11-12-31-54-50/h1-36H. The van der Waals surface area contributed by atoms with Crippen molar-refractivity contribution in [3.05, 3.63) is 241 Å². The lowest BCUT2D eigenvalue weighted by molar-refractivity contribution is 0.769. The molecular formula is C52H36N4. The van der Waals surface area contributed by atoms with E-state index in [2.05, 4.69) is 192 Å². The topological polar surface area (TPSA) is 41.9 Å². The van der Waals surface area contributed by atoms with Crippen LogP contribution in [0.2, 0.25) is 0 Å². The van der Waals surface area contributed by atoms with Gasteiger partial charge in [0, 0.05) is 46.8 Å². The predicted octanol–water partition coefficient (Wildman–Crippen LogP) is 12.7. The molecule has 1 aliphatic rings. The average molecular weight is 717 g/mol. The molecular weight excluding hydrogens is 681 g/mol. The molecule has 0 aliphatic heterocycles. The van der Waals surface area contributed by atoms with Crippen molar-refractivity contribution in [1.82, 2.24) is 15.0 Å². The Hall–Kier alpha value is -7.43. The summed E-state index contributed by atoms with van der Waals surface area (Å²) in [4.78, 5) is 16.3. The largest absolute Gasteiger partial charge is 0.310 e. The van der Waals surface area contributed by atoms with Gasteiger partial charge in [0.15, 0.2) is 0 Å². The quantitative estimate of drug-likeness (QED) is 0.157. The van der Waals surface area contributed by atoms with Gasteiger partial charge >= 0.3 is 0 Å². The Balaban J connectivity index is 1.15. The number of benzene rings is 7. The molecule has 0 radical (unpaired) electrons. The van der Waals surface area contributed by atoms with Crippen molar-refractivity contribution in [3.8, 4) is 44.8 Å². The highest BCUT2D eigenvalue weighted by Gasteiger charge is 2.46. The van der Waals surface area contributed by atoms with Crippen LogP contribution in [0.25, 0.3) is 44.8 Å². The Morgan fingerprint density at radius 1 is 0.357 bits per heavy atom. The van der Waals surface area contributed by atoms with E-state index in [-0.39, 0.29) is 0 Å². The van der Waals surface area contributed by atoms with Crippen molar-refractivity contribution < 1.29 is 0 Å². The molecule has 0 atom stereocenters. The fourth-order valence-electron chi connectivity index (χ4n) is 8.54. The van der Waals surface area contributed by atoms with Crippen LogP contribution in [0.1, 0.15) is 22.3 Å². The molecule has 0 unspecified atom stereocenters. The van der Waals surface area contributed by atoms with Crippen LogP contribution in [0.15, 0.2) is 219 Å². The van der Waals surface area contributed by atoms with Gasteiger partial charge in [-0.05, 0) is 99.1 Å². The van der Waals surface area contributed by atoms with Gasteiger partial charge in [0.05, 0.1) is 23.0 Å². The summed E-state index contributed by atoms with van der Waals surface area (Å²) in [7, 11) is 0. The Kier molecular flexibility index (Phi) is 8.34. The van der Waals surface area contributed by atoms with Crippen LogP contribution in [0, 0.1) is 0 Å². The van der Waals surface area contributed by atoms with Gasteiger partial charge in [-0.2, -0.15) is 0 Å². The first kappa shape index (κ1) is 33.2. The van der Waals surface area contributed by atoms with Gasteiger partial charge in [-0.3, -0.25) is 15.0 Å². The first-order valence-electron chi connectivity index (χ1n) is 18.9. The van der Waals surface area contributed by atoms with Crippen molar-refractivity contribution >= 4 is 17.1 Å². The SMILES string of the molecule is c1ccc(N(c2ccccc2)c2cccc(-c3ccc(C4(c5ccc(-c6cnccn6)c(-c6ccccn6)c5)c5ccccc5-c5ccccc54)cc3)c2)cc1. The molecule has 0 N–H and O–H groups in total. The minimum Gasteiger partial charge on any atom is -0.310 e. The second-order valence-electron chi connectivity index (χ2n) is 14.0. The number of hydrogen-bond donors (Lipinski definition) is 0. The number of fused-ring (bicyclic) bond motifs is 3. The predicted molar refractivity (Wildman–Crippen MR) is 228 cm³/mol. The molecule has 9 aromatic rings. The molecule has 0 saturated carbocycles. The van der Waals surface area contributed by atoms with E-state index < -0.39 is 5.41 Å². The van der Waals surface area contributed by atoms with Crippen LogP contribution in [0.5, 0.6) is 0 Å². The molecule has 0 bridgehead atoms. The smallest absolute Gasteiger partial charge is 0.0891 e. The van der Waals surface area contributed by atoms with Crippen LogP contribution in [0.3, 0.4) is 0 Å². The van der Waals surface area contributed by atoms with Crippen molar-refractivity contribution in [2.75, 3.05) is 4.90 Å². The fourth-order valence-corrected chi connectivity index (χ4v) is 8.54. The zero-order chi connectivity index (χ0) is 37.3. The summed E-state index contributed by atoms with van der Waals surface area (Å²) in [5.74, 6) is 0. The van der Waals surface area contributed by atoms with Crippen LogP contribution in [-0.2, 0) is 5.41 Å². The number of anilines is 3. The highest BCUT2D eigenvalue weighted by Crippen LogP contribution is 2.57. The van der Waals surface area contributed by atoms with Crippen LogP contribution in [0.4, 0.5) is 17.1 Å². The van der Waals surface area contributed by atoms with Gasteiger partial charge < -0.3 is 4.90 Å². The zero-order valence-corrected chi connectivity index (χ0v) is 30.6. The Morgan fingerprint density at radius 3 is 1.61 bits per heavy atom. The van der Waals surface area contributed by atoms with Crippen LogP contribution in [-0.4, -0.2) is 15.0 Å². The lowest BCUT2D eigenvalue weighted by atomic mass is 9.67. The molecule has 4 nitrogen and oxygen atoms in total. The number of nitrogens with zero attached hydrogens (tertiary/aromatic N) is 4. The normalized spacial score (nSPS) is 12.4. The summed E-state index contributed by atoms with van der Waals surface area (Å²) in [5.41, 5.74) is 16.1. The molecule has 0 saturated heterocycles. The number of pyridine rings is 1. The molecule has 2 heterocycles. The second kappa shape index (κ2) is 14.1. The summed E-state index contributed by atoms with van der Waals surface area (Å²) >= 11 is 0. The maximum atomic E-state index is 4.84. The molecule has 2 aromatic heterocycles. The van der Waals surface area contributed by atoms with Gasteiger partial charge in [0.1, 0.15) is 0 Å². The van der Waals surface area contributed by atoms with Crippen molar-refractivity contribution in [2.45, 2.75) is 5.41 Å². The van der Waals surface area contributed by atoms with Crippen LogP contribution >= 0.6 is 0 Å². The molecule has 0 amide bonds. The zero-order valence-electron chi connectivity index (χ0n) is 30.6. The molecule has 56 heavy (non-hydrogen) atoms. The van der Waals surface area contributed by atoms with E-state index in [9.17, 15) is 0 Å². The third-order valence-corrected chi connectivity index (χ3v) is 11.0. The Morgan fingerprint density at radius 2 is 0.964 bits per heavy atom. The van der Waals surface area contributed by atoms with E-state index in [0.717, 1.165) is 50.7 Å². The minimum absolute atomic E-state index is 0.588. The van der Waals surface area contributed by atoms with Gasteiger partial charge in [0.25, 0.3) is 0 Å². The van der Waals surface area contributed by atoms with Gasteiger partial charge in [-0.1, -0.05) is 140 Å². The summed E-state index contributed by atoms with van der Waals surface area (Å²) in [6.45, 7) is 0. The monoisotopic (exact) mass is 716 g/mol. The summed E-state index contributed by atoms with van der Waals surface area (Å²) in [6, 6.07) is 69.7. The van der Waals surface area contributed by atoms with E-state index in [1.54, 1.807) is 12.4 Å². The van der Waals surface area contributed by atoms with E-state index in [4.69, 9.17) is 9.97 Å². The van der Waals surface area contributed by atoms with Crippen molar-refractivity contribution in [2.24, 2.45) is 0 Å². The minimum atomic E-state index is -0.588. The maximum absolute atomic E-state index is 4.84. The molecule has 4 heteroatoms. The molecule has 0 fully saturated rings. The fraction of sp³-hybridized carbons (Fsp3) is 0.0192. The van der Waals surface area contributed by atoms with Gasteiger partial charge in [-0.25, -0.2) is 0 Å². The Labute approximate surface area is 327 Å². The first-order chi connectivity index (χ1) is 27.8. The average Bonchev–Trinajstić information content (AvgIpc) is 3.59. The molecule has 1 aliphatic carbocycles. The van der Waals surface area contributed by atoms with Gasteiger partial charge in [-0.15, -0.1) is 0 Å². The third kappa shape index (κ3) is 5.59. The van der Waals surface area contributed by atoms with Gasteiger partial charge in [0.2, 0.25) is 0 Å². The summed E-state index contributed by atoms with van der Waals surface area (Å²) in [5, 5.41) is 0. The number of hydrogen-bond acceptors (Lipinski definition) is 4. The lowest BCUT2D eigenvalue weighted by Crippen LogP contribution is -2.28. The van der Waals surface area contributed by atoms with E-state index in [1.807, 2.05) is 24.5 Å². The van der Waals surface area contributed by atoms with E-state index in [1.165, 1.54) is 33.4 Å². The van der Waals surface area contributed by atoms with Crippen LogP contribution < -0.4 is 4.90 Å². The highest BCUT2D eigenvalue weighted by atomic mass is 15.1. The maximum Gasteiger partial charge on any atom is 0.0891 e. The van der Waals surface area contributed by atoms with E-state index in [0.29, 0.717) is 0 Å². The Bertz CT molecular complexity index is 2700. The highest BCUT2D eigenvalue weighted by molar-refractivity contribution is 5.89. The molecule has 264 valence electrons. The van der Waals surface area contributed by atoms with Crippen molar-refractivity contribution in [3.63, 3.8) is 0 Å². The lowest BCUT2D eigenvalue weighted by Gasteiger charge is -2.34. The molecule has 0 spiro atoms. The summed E-state index contributed by atoms with van der Waals surface area (Å²) < 4.78 is 0. The molecule has 7 aromatic carbocycles. The first-order valence-corrected chi connectivity index (χ1v) is 18.9. The molecule has 10 rings (SSSR count). The van der Waals surface area contributed by atoms with Crippen molar-refractivity contribution in [1.29, 1.82) is 0 Å². The van der Waals surface area contributed by atoms with E-state index >= 15 is 0 Å². The number of rotatable bonds is 8. The number of para-hydroxylation sites is 2. The summed E-state index contributed by atoms with van der Waals surface area (Å²) in [6.07, 6.45) is 7.13. The second-order valence-corrected chi connectivity index (χ2v) is 14.0. The number of aromatic nitrogens is 3.